The van der Waals surface area contributed by atoms with E-state index >= 15 is 0 Å². The van der Waals surface area contributed by atoms with E-state index in [1.807, 2.05) is 12.1 Å². The van der Waals surface area contributed by atoms with Gasteiger partial charge in [0.15, 0.2) is 0 Å². The van der Waals surface area contributed by atoms with Crippen LogP contribution in [0.3, 0.4) is 0 Å². The van der Waals surface area contributed by atoms with Gasteiger partial charge in [0.1, 0.15) is 10.7 Å². The number of hydrogen-bond acceptors (Lipinski definition) is 3. The second kappa shape index (κ2) is 3.37. The Morgan fingerprint density at radius 1 is 1.50 bits per heavy atom. The summed E-state index contributed by atoms with van der Waals surface area (Å²) in [5.74, 6) is 0.724. The predicted molar refractivity (Wildman–Crippen MR) is 51.6 cm³/mol. The van der Waals surface area contributed by atoms with E-state index < -0.39 is 4.93 Å². The molecule has 3 heteroatoms. The van der Waals surface area contributed by atoms with Crippen molar-refractivity contribution < 1.29 is 9.84 Å². The molecule has 2 nitrogen and oxygen atoms in total. The average molecular weight is 184 g/mol. The van der Waals surface area contributed by atoms with Crippen LogP contribution in [0.2, 0.25) is 0 Å². The van der Waals surface area contributed by atoms with Crippen molar-refractivity contribution in [2.24, 2.45) is 0 Å². The maximum Gasteiger partial charge on any atom is 0.130 e. The van der Waals surface area contributed by atoms with Crippen LogP contribution < -0.4 is 4.74 Å². The smallest absolute Gasteiger partial charge is 0.130 e. The van der Waals surface area contributed by atoms with Crippen molar-refractivity contribution in [2.45, 2.75) is 11.9 Å². The molecule has 0 saturated carbocycles. The zero-order valence-corrected chi connectivity index (χ0v) is 8.01. The van der Waals surface area contributed by atoms with Crippen molar-refractivity contribution in [2.75, 3.05) is 7.11 Å². The first-order valence-corrected chi connectivity index (χ1v) is 4.08. The minimum atomic E-state index is -1.10. The van der Waals surface area contributed by atoms with Gasteiger partial charge in [-0.3, -0.25) is 0 Å². The first-order valence-electron chi connectivity index (χ1n) is 3.63. The molecule has 0 aliphatic rings. The van der Waals surface area contributed by atoms with Gasteiger partial charge in [0, 0.05) is 0 Å². The van der Waals surface area contributed by atoms with E-state index in [0.29, 0.717) is 0 Å². The Kier molecular flexibility index (Phi) is 2.65. The SMILES string of the molecule is COc1cccc(C(C)(O)S)c1. The van der Waals surface area contributed by atoms with Gasteiger partial charge in [-0.15, -0.1) is 12.6 Å². The van der Waals surface area contributed by atoms with Crippen LogP contribution in [0.1, 0.15) is 12.5 Å². The van der Waals surface area contributed by atoms with E-state index in [1.54, 1.807) is 26.2 Å². The fourth-order valence-corrected chi connectivity index (χ4v) is 1.06. The highest BCUT2D eigenvalue weighted by Gasteiger charge is 2.16. The number of benzene rings is 1. The maximum absolute atomic E-state index is 9.52. The Balaban J connectivity index is 3.02. The van der Waals surface area contributed by atoms with Crippen molar-refractivity contribution in [3.63, 3.8) is 0 Å². The third kappa shape index (κ3) is 2.16. The summed E-state index contributed by atoms with van der Waals surface area (Å²) in [6.07, 6.45) is 0. The minimum absolute atomic E-state index is 0.724. The maximum atomic E-state index is 9.52. The van der Waals surface area contributed by atoms with E-state index in [1.165, 1.54) is 0 Å². The summed E-state index contributed by atoms with van der Waals surface area (Å²) < 4.78 is 5.00. The van der Waals surface area contributed by atoms with Crippen LogP contribution in [0, 0.1) is 0 Å². The second-order valence-corrected chi connectivity index (χ2v) is 3.62. The lowest BCUT2D eigenvalue weighted by molar-refractivity contribution is 0.161. The van der Waals surface area contributed by atoms with E-state index in [-0.39, 0.29) is 0 Å². The van der Waals surface area contributed by atoms with Gasteiger partial charge in [0.2, 0.25) is 0 Å². The molecule has 66 valence electrons. The average Bonchev–Trinajstić information content (AvgIpc) is 2.03. The lowest BCUT2D eigenvalue weighted by Gasteiger charge is -2.16. The first kappa shape index (κ1) is 9.42. The van der Waals surface area contributed by atoms with Gasteiger partial charge in [-0.05, 0) is 24.6 Å². The van der Waals surface area contributed by atoms with Crippen LogP contribution in [0.15, 0.2) is 24.3 Å². The van der Waals surface area contributed by atoms with Crippen LogP contribution in [0.5, 0.6) is 5.75 Å². The molecular formula is C9H12O2S. The van der Waals surface area contributed by atoms with Crippen LogP contribution >= 0.6 is 12.6 Å². The number of hydrogen-bond donors (Lipinski definition) is 2. The molecule has 0 aliphatic heterocycles. The van der Waals surface area contributed by atoms with Crippen molar-refractivity contribution in [1.82, 2.24) is 0 Å². The number of ether oxygens (including phenoxy) is 1. The molecule has 0 bridgehead atoms. The van der Waals surface area contributed by atoms with Crippen molar-refractivity contribution in [1.29, 1.82) is 0 Å². The molecular weight excluding hydrogens is 172 g/mol. The van der Waals surface area contributed by atoms with Gasteiger partial charge in [0.25, 0.3) is 0 Å². The Bertz CT molecular complexity index is 265. The Morgan fingerprint density at radius 3 is 2.67 bits per heavy atom. The minimum Gasteiger partial charge on any atom is -0.497 e. The summed E-state index contributed by atoms with van der Waals surface area (Å²) in [4.78, 5) is -1.10. The number of thiol groups is 1. The second-order valence-electron chi connectivity index (χ2n) is 2.75. The summed E-state index contributed by atoms with van der Waals surface area (Å²) >= 11 is 4.03. The zero-order valence-electron chi connectivity index (χ0n) is 7.11. The molecule has 1 unspecified atom stereocenters. The van der Waals surface area contributed by atoms with Crippen LogP contribution in [0.25, 0.3) is 0 Å². The van der Waals surface area contributed by atoms with Gasteiger partial charge in [-0.25, -0.2) is 0 Å². The van der Waals surface area contributed by atoms with Gasteiger partial charge < -0.3 is 9.84 Å². The van der Waals surface area contributed by atoms with Crippen LogP contribution in [-0.4, -0.2) is 12.2 Å². The topological polar surface area (TPSA) is 29.5 Å². The standard InChI is InChI=1S/C9H12O2S/c1-9(10,12)7-4-3-5-8(6-7)11-2/h3-6,10,12H,1-2H3. The Labute approximate surface area is 77.6 Å². The van der Waals surface area contributed by atoms with Gasteiger partial charge in [0.05, 0.1) is 7.11 Å². The largest absolute Gasteiger partial charge is 0.497 e. The molecule has 12 heavy (non-hydrogen) atoms. The third-order valence-electron chi connectivity index (χ3n) is 1.62. The first-order chi connectivity index (χ1) is 5.54. The van der Waals surface area contributed by atoms with E-state index in [0.717, 1.165) is 11.3 Å². The van der Waals surface area contributed by atoms with E-state index in [2.05, 4.69) is 12.6 Å². The van der Waals surface area contributed by atoms with Gasteiger partial charge in [-0.1, -0.05) is 12.1 Å². The van der Waals surface area contributed by atoms with Crippen molar-refractivity contribution >= 4 is 12.6 Å². The molecule has 0 aliphatic carbocycles. The summed E-state index contributed by atoms with van der Waals surface area (Å²) in [5, 5.41) is 9.52. The van der Waals surface area contributed by atoms with Crippen molar-refractivity contribution in [3.05, 3.63) is 29.8 Å². The number of aliphatic hydroxyl groups is 1. The lowest BCUT2D eigenvalue weighted by atomic mass is 10.1. The molecule has 1 aromatic carbocycles. The highest BCUT2D eigenvalue weighted by Crippen LogP contribution is 2.26. The van der Waals surface area contributed by atoms with Crippen LogP contribution in [0.4, 0.5) is 0 Å². The van der Waals surface area contributed by atoms with Gasteiger partial charge in [-0.2, -0.15) is 0 Å². The molecule has 0 aromatic heterocycles. The zero-order chi connectivity index (χ0) is 9.19. The molecule has 0 saturated heterocycles. The molecule has 1 N–H and O–H groups in total. The predicted octanol–water partition coefficient (Wildman–Crippen LogP) is 1.79. The van der Waals surface area contributed by atoms with E-state index in [4.69, 9.17) is 4.74 Å². The fourth-order valence-electron chi connectivity index (χ4n) is 0.918. The molecule has 0 amide bonds. The number of methoxy groups -OCH3 is 1. The fraction of sp³-hybridized carbons (Fsp3) is 0.333. The highest BCUT2D eigenvalue weighted by atomic mass is 32.1. The molecule has 0 heterocycles. The Morgan fingerprint density at radius 2 is 2.17 bits per heavy atom. The molecule has 1 rings (SSSR count). The number of rotatable bonds is 2. The normalized spacial score (nSPS) is 15.3. The van der Waals surface area contributed by atoms with Crippen molar-refractivity contribution in [3.8, 4) is 5.75 Å². The quantitative estimate of drug-likeness (QED) is 0.542. The molecule has 0 radical (unpaired) electrons. The molecule has 1 aromatic rings. The molecule has 1 atom stereocenters. The highest BCUT2D eigenvalue weighted by molar-refractivity contribution is 7.81. The van der Waals surface area contributed by atoms with E-state index in [9.17, 15) is 5.11 Å². The Hall–Kier alpha value is -0.670. The monoisotopic (exact) mass is 184 g/mol. The molecule has 0 fully saturated rings. The van der Waals surface area contributed by atoms with Gasteiger partial charge >= 0.3 is 0 Å². The third-order valence-corrected chi connectivity index (χ3v) is 1.87. The summed E-state index contributed by atoms with van der Waals surface area (Å²) in [5.41, 5.74) is 0.727. The summed E-state index contributed by atoms with van der Waals surface area (Å²) in [6.45, 7) is 1.62. The summed E-state index contributed by atoms with van der Waals surface area (Å²) in [7, 11) is 1.59. The van der Waals surface area contributed by atoms with Crippen LogP contribution in [-0.2, 0) is 4.93 Å². The molecule has 0 spiro atoms. The lowest BCUT2D eigenvalue weighted by Crippen LogP contribution is -2.11. The summed E-state index contributed by atoms with van der Waals surface area (Å²) in [6, 6.07) is 7.20.